The minimum absolute atomic E-state index is 0.0893. The van der Waals surface area contributed by atoms with Gasteiger partial charge in [-0.15, -0.1) is 0 Å². The molecule has 0 aromatic heterocycles. The third-order valence-corrected chi connectivity index (χ3v) is 4.11. The summed E-state index contributed by atoms with van der Waals surface area (Å²) in [4.78, 5) is 24.2. The highest BCUT2D eigenvalue weighted by molar-refractivity contribution is 6.31. The molecule has 0 aliphatic heterocycles. The summed E-state index contributed by atoms with van der Waals surface area (Å²) < 4.78 is 10.5. The van der Waals surface area contributed by atoms with Gasteiger partial charge in [-0.25, -0.2) is 0 Å². The maximum atomic E-state index is 12.6. The predicted molar refractivity (Wildman–Crippen MR) is 106 cm³/mol. The number of halogens is 1. The fourth-order valence-corrected chi connectivity index (χ4v) is 2.51. The molecule has 2 rings (SSSR count). The van der Waals surface area contributed by atoms with Gasteiger partial charge >= 0.3 is 0 Å². The van der Waals surface area contributed by atoms with E-state index >= 15 is 0 Å². The molecule has 0 atom stereocenters. The predicted octanol–water partition coefficient (Wildman–Crippen LogP) is 3.78. The number of rotatable bonds is 6. The highest BCUT2D eigenvalue weighted by Crippen LogP contribution is 2.28. The second-order valence-electron chi connectivity index (χ2n) is 5.77. The molecule has 2 N–H and O–H groups in total. The van der Waals surface area contributed by atoms with Gasteiger partial charge < -0.3 is 20.1 Å². The van der Waals surface area contributed by atoms with Gasteiger partial charge in [0.15, 0.2) is 11.5 Å². The van der Waals surface area contributed by atoms with Crippen LogP contribution in [-0.2, 0) is 9.59 Å². The summed E-state index contributed by atoms with van der Waals surface area (Å²) in [5, 5.41) is 5.81. The second kappa shape index (κ2) is 9.09. The number of nitrogens with one attached hydrogen (secondary N) is 2. The van der Waals surface area contributed by atoms with Crippen LogP contribution in [0, 0.1) is 6.92 Å². The van der Waals surface area contributed by atoms with Crippen molar-refractivity contribution in [3.8, 4) is 11.5 Å². The molecular weight excluding hydrogens is 368 g/mol. The van der Waals surface area contributed by atoms with Gasteiger partial charge in [-0.05, 0) is 48.4 Å². The van der Waals surface area contributed by atoms with Crippen LogP contribution in [0.15, 0.2) is 42.1 Å². The first-order valence-electron chi connectivity index (χ1n) is 8.13. The van der Waals surface area contributed by atoms with E-state index < -0.39 is 5.91 Å². The van der Waals surface area contributed by atoms with Crippen LogP contribution in [0.4, 0.5) is 5.69 Å². The second-order valence-corrected chi connectivity index (χ2v) is 6.18. The summed E-state index contributed by atoms with van der Waals surface area (Å²) in [6.45, 7) is 3.20. The van der Waals surface area contributed by atoms with Crippen molar-refractivity contribution in [1.29, 1.82) is 0 Å². The lowest BCUT2D eigenvalue weighted by atomic mass is 10.1. The van der Waals surface area contributed by atoms with Crippen LogP contribution in [0.3, 0.4) is 0 Å². The lowest BCUT2D eigenvalue weighted by Gasteiger charge is -2.12. The summed E-state index contributed by atoms with van der Waals surface area (Å²) in [5.41, 5.74) is 2.18. The highest BCUT2D eigenvalue weighted by Gasteiger charge is 2.13. The van der Waals surface area contributed by atoms with E-state index in [-0.39, 0.29) is 11.6 Å². The Balaban J connectivity index is 2.33. The number of anilines is 1. The van der Waals surface area contributed by atoms with E-state index in [1.165, 1.54) is 21.1 Å². The molecule has 7 heteroatoms. The number of methoxy groups -OCH3 is 2. The summed E-state index contributed by atoms with van der Waals surface area (Å²) in [6, 6.07) is 10.4. The van der Waals surface area contributed by atoms with Crippen molar-refractivity contribution in [2.75, 3.05) is 19.5 Å². The van der Waals surface area contributed by atoms with Crippen molar-refractivity contribution in [3.63, 3.8) is 0 Å². The number of carbonyl (C=O) groups excluding carboxylic acids is 2. The molecule has 2 aromatic carbocycles. The Hall–Kier alpha value is -2.99. The average molecular weight is 389 g/mol. The molecule has 0 saturated heterocycles. The summed E-state index contributed by atoms with van der Waals surface area (Å²) in [5.74, 6) is 0.243. The lowest BCUT2D eigenvalue weighted by molar-refractivity contribution is -0.120. The van der Waals surface area contributed by atoms with E-state index in [0.29, 0.717) is 27.8 Å². The molecule has 2 aromatic rings. The van der Waals surface area contributed by atoms with E-state index in [0.717, 1.165) is 5.56 Å². The number of aryl methyl sites for hydroxylation is 1. The summed E-state index contributed by atoms with van der Waals surface area (Å²) >= 11 is 6.09. The minimum atomic E-state index is -0.472. The fraction of sp³-hybridized carbons (Fsp3) is 0.200. The molecule has 0 radical (unpaired) electrons. The van der Waals surface area contributed by atoms with Crippen molar-refractivity contribution in [3.05, 3.63) is 58.2 Å². The van der Waals surface area contributed by atoms with Gasteiger partial charge in [-0.2, -0.15) is 0 Å². The highest BCUT2D eigenvalue weighted by atomic mass is 35.5. The zero-order chi connectivity index (χ0) is 20.0. The molecule has 2 amide bonds. The van der Waals surface area contributed by atoms with E-state index in [2.05, 4.69) is 10.6 Å². The maximum Gasteiger partial charge on any atom is 0.272 e. The molecule has 0 fully saturated rings. The topological polar surface area (TPSA) is 76.7 Å². The number of hydrogen-bond donors (Lipinski definition) is 2. The molecule has 0 unspecified atom stereocenters. The van der Waals surface area contributed by atoms with Crippen molar-refractivity contribution >= 4 is 35.2 Å². The number of amides is 2. The van der Waals surface area contributed by atoms with Crippen LogP contribution in [0.25, 0.3) is 6.08 Å². The van der Waals surface area contributed by atoms with Crippen LogP contribution < -0.4 is 20.1 Å². The molecule has 0 heterocycles. The van der Waals surface area contributed by atoms with E-state index in [4.69, 9.17) is 21.1 Å². The summed E-state index contributed by atoms with van der Waals surface area (Å²) in [7, 11) is 3.06. The Morgan fingerprint density at radius 1 is 1.04 bits per heavy atom. The van der Waals surface area contributed by atoms with Gasteiger partial charge in [0, 0.05) is 17.6 Å². The quantitative estimate of drug-likeness (QED) is 0.738. The standard InChI is InChI=1S/C20H21ClN2O4/c1-12-5-7-15(11-16(12)21)23-20(25)17(22-13(2)24)9-14-6-8-18(26-3)19(10-14)27-4/h5-11H,1-4H3,(H,22,24)(H,23,25)/b17-9+. The third kappa shape index (κ3) is 5.49. The summed E-state index contributed by atoms with van der Waals surface area (Å²) in [6.07, 6.45) is 1.55. The minimum Gasteiger partial charge on any atom is -0.493 e. The third-order valence-electron chi connectivity index (χ3n) is 3.70. The molecule has 0 spiro atoms. The monoisotopic (exact) mass is 388 g/mol. The molecule has 0 aliphatic rings. The van der Waals surface area contributed by atoms with Gasteiger partial charge in [0.05, 0.1) is 14.2 Å². The number of benzene rings is 2. The Bertz CT molecular complexity index is 894. The van der Waals surface area contributed by atoms with Crippen molar-refractivity contribution in [1.82, 2.24) is 5.32 Å². The van der Waals surface area contributed by atoms with Crippen LogP contribution >= 0.6 is 11.6 Å². The molecule has 6 nitrogen and oxygen atoms in total. The Morgan fingerprint density at radius 2 is 1.74 bits per heavy atom. The van der Waals surface area contributed by atoms with Crippen LogP contribution in [-0.4, -0.2) is 26.0 Å². The molecule has 27 heavy (non-hydrogen) atoms. The normalized spacial score (nSPS) is 10.9. The Labute approximate surface area is 163 Å². The van der Waals surface area contributed by atoms with Crippen molar-refractivity contribution in [2.24, 2.45) is 0 Å². The average Bonchev–Trinajstić information content (AvgIpc) is 2.63. The Morgan fingerprint density at radius 3 is 2.33 bits per heavy atom. The largest absolute Gasteiger partial charge is 0.493 e. The molecular formula is C20H21ClN2O4. The van der Waals surface area contributed by atoms with E-state index in [1.54, 1.807) is 42.5 Å². The first kappa shape index (κ1) is 20.3. The van der Waals surface area contributed by atoms with Crippen LogP contribution in [0.5, 0.6) is 11.5 Å². The SMILES string of the molecule is COc1ccc(/C=C(/NC(C)=O)C(=O)Nc2ccc(C)c(Cl)c2)cc1OC. The Kier molecular flexibility index (Phi) is 6.85. The van der Waals surface area contributed by atoms with Crippen LogP contribution in [0.2, 0.25) is 5.02 Å². The maximum absolute atomic E-state index is 12.6. The zero-order valence-corrected chi connectivity index (χ0v) is 16.3. The lowest BCUT2D eigenvalue weighted by Crippen LogP contribution is -2.28. The molecule has 142 valence electrons. The van der Waals surface area contributed by atoms with Crippen molar-refractivity contribution in [2.45, 2.75) is 13.8 Å². The van der Waals surface area contributed by atoms with Gasteiger partial charge in [-0.3, -0.25) is 9.59 Å². The van der Waals surface area contributed by atoms with Gasteiger partial charge in [0.2, 0.25) is 5.91 Å². The first-order chi connectivity index (χ1) is 12.8. The van der Waals surface area contributed by atoms with Gasteiger partial charge in [0.1, 0.15) is 5.70 Å². The fourth-order valence-electron chi connectivity index (χ4n) is 2.33. The smallest absolute Gasteiger partial charge is 0.272 e. The van der Waals surface area contributed by atoms with Crippen molar-refractivity contribution < 1.29 is 19.1 Å². The van der Waals surface area contributed by atoms with E-state index in [9.17, 15) is 9.59 Å². The van der Waals surface area contributed by atoms with Crippen LogP contribution in [0.1, 0.15) is 18.1 Å². The first-order valence-corrected chi connectivity index (χ1v) is 8.50. The number of ether oxygens (including phenoxy) is 2. The van der Waals surface area contributed by atoms with E-state index in [1.807, 2.05) is 6.92 Å². The molecule has 0 bridgehead atoms. The van der Waals surface area contributed by atoms with Gasteiger partial charge in [-0.1, -0.05) is 23.7 Å². The molecule has 0 saturated carbocycles. The number of hydrogen-bond acceptors (Lipinski definition) is 4. The zero-order valence-electron chi connectivity index (χ0n) is 15.6. The number of carbonyl (C=O) groups is 2. The molecule has 0 aliphatic carbocycles. The van der Waals surface area contributed by atoms with Gasteiger partial charge in [0.25, 0.3) is 5.91 Å².